The third kappa shape index (κ3) is 3.70. The van der Waals surface area contributed by atoms with Gasteiger partial charge in [-0.1, -0.05) is 32.5 Å². The zero-order valence-electron chi connectivity index (χ0n) is 10.3. The maximum atomic E-state index is 11.5. The second kappa shape index (κ2) is 6.13. The molecule has 1 aliphatic heterocycles. The van der Waals surface area contributed by atoms with Crippen molar-refractivity contribution in [1.82, 2.24) is 5.32 Å². The number of thioether (sulfide) groups is 1. The van der Waals surface area contributed by atoms with Crippen LogP contribution in [0.4, 0.5) is 0 Å². The molecule has 0 saturated carbocycles. The Morgan fingerprint density at radius 2 is 2.31 bits per heavy atom. The van der Waals surface area contributed by atoms with Gasteiger partial charge in [0.05, 0.1) is 7.11 Å². The maximum Gasteiger partial charge on any atom is 0.328 e. The van der Waals surface area contributed by atoms with Crippen LogP contribution in [0.1, 0.15) is 20.8 Å². The van der Waals surface area contributed by atoms with Crippen molar-refractivity contribution < 1.29 is 9.53 Å². The third-order valence-electron chi connectivity index (χ3n) is 2.45. The van der Waals surface area contributed by atoms with E-state index in [9.17, 15) is 4.79 Å². The Labute approximate surface area is 101 Å². The first-order valence-electron chi connectivity index (χ1n) is 5.56. The lowest BCUT2D eigenvalue weighted by atomic mass is 10.1. The highest BCUT2D eigenvalue weighted by Crippen LogP contribution is 2.17. The lowest BCUT2D eigenvalue weighted by Gasteiger charge is -2.24. The van der Waals surface area contributed by atoms with E-state index in [4.69, 9.17) is 4.74 Å². The maximum absolute atomic E-state index is 11.5. The van der Waals surface area contributed by atoms with E-state index < -0.39 is 0 Å². The number of hydrogen-bond acceptors (Lipinski definition) is 5. The van der Waals surface area contributed by atoms with Gasteiger partial charge in [0.2, 0.25) is 0 Å². The largest absolute Gasteiger partial charge is 0.467 e. The summed E-state index contributed by atoms with van der Waals surface area (Å²) in [5.41, 5.74) is 0. The second-order valence-electron chi connectivity index (χ2n) is 4.45. The normalized spacial score (nSPS) is 22.6. The molecule has 4 nitrogen and oxygen atoms in total. The zero-order chi connectivity index (χ0) is 12.1. The summed E-state index contributed by atoms with van der Waals surface area (Å²) in [7, 11) is 1.41. The number of amidine groups is 1. The first-order chi connectivity index (χ1) is 7.54. The highest BCUT2D eigenvalue weighted by Gasteiger charge is 2.25. The molecule has 0 spiro atoms. The van der Waals surface area contributed by atoms with Gasteiger partial charge in [-0.25, -0.2) is 4.79 Å². The van der Waals surface area contributed by atoms with Crippen LogP contribution in [0, 0.1) is 11.8 Å². The molecular weight excluding hydrogens is 224 g/mol. The number of esters is 1. The summed E-state index contributed by atoms with van der Waals surface area (Å²) >= 11 is 1.68. The van der Waals surface area contributed by atoms with Gasteiger partial charge in [-0.15, -0.1) is 0 Å². The molecule has 0 aromatic carbocycles. The fourth-order valence-corrected chi connectivity index (χ4v) is 2.33. The molecule has 16 heavy (non-hydrogen) atoms. The van der Waals surface area contributed by atoms with Crippen molar-refractivity contribution >= 4 is 22.9 Å². The molecule has 2 unspecified atom stereocenters. The molecule has 0 radical (unpaired) electrons. The molecular formula is C11H20N2O2S. The minimum atomic E-state index is -0.301. The third-order valence-corrected chi connectivity index (χ3v) is 3.71. The Morgan fingerprint density at radius 1 is 1.62 bits per heavy atom. The van der Waals surface area contributed by atoms with Crippen molar-refractivity contribution in [2.45, 2.75) is 26.8 Å². The van der Waals surface area contributed by atoms with Crippen molar-refractivity contribution in [1.29, 1.82) is 0 Å². The number of hydrogen-bond donors (Lipinski definition) is 1. The summed E-state index contributed by atoms with van der Waals surface area (Å²) < 4.78 is 4.77. The Bertz CT molecular complexity index is 279. The molecule has 5 heteroatoms. The Balaban J connectivity index is 2.58. The summed E-state index contributed by atoms with van der Waals surface area (Å²) in [4.78, 5) is 16.0. The molecule has 0 fully saturated rings. The van der Waals surface area contributed by atoms with Gasteiger partial charge in [0.25, 0.3) is 0 Å². The van der Waals surface area contributed by atoms with Crippen molar-refractivity contribution in [2.24, 2.45) is 16.8 Å². The number of carbonyl (C=O) groups is 1. The van der Waals surface area contributed by atoms with Gasteiger partial charge in [-0.3, -0.25) is 4.99 Å². The molecule has 1 aliphatic rings. The number of aliphatic imine (C=N–C) groups is 1. The standard InChI is InChI=1S/C11H20N2O2S/c1-7(2)9(10(14)15-4)13-11-12-5-8(3)6-16-11/h7-9H,5-6H2,1-4H3,(H,12,13). The van der Waals surface area contributed by atoms with Crippen molar-refractivity contribution in [2.75, 3.05) is 19.4 Å². The van der Waals surface area contributed by atoms with Crippen LogP contribution in [-0.4, -0.2) is 36.6 Å². The minimum absolute atomic E-state index is 0.190. The molecule has 0 aromatic rings. The predicted octanol–water partition coefficient (Wildman–Crippen LogP) is 1.51. The number of carbonyl (C=O) groups excluding carboxylic acids is 1. The highest BCUT2D eigenvalue weighted by molar-refractivity contribution is 8.13. The molecule has 0 amide bonds. The van der Waals surface area contributed by atoms with Crippen LogP contribution in [0.2, 0.25) is 0 Å². The summed E-state index contributed by atoms with van der Waals surface area (Å²) in [6, 6.07) is -0.301. The fraction of sp³-hybridized carbons (Fsp3) is 0.818. The first kappa shape index (κ1) is 13.4. The SMILES string of the molecule is COC(=O)C(NC1=NCC(C)CS1)C(C)C. The number of nitrogens with one attached hydrogen (secondary N) is 1. The van der Waals surface area contributed by atoms with Crippen LogP contribution in [0.5, 0.6) is 0 Å². The molecule has 0 aliphatic carbocycles. The fourth-order valence-electron chi connectivity index (χ4n) is 1.40. The van der Waals surface area contributed by atoms with E-state index in [0.29, 0.717) is 5.92 Å². The zero-order valence-corrected chi connectivity index (χ0v) is 11.1. The van der Waals surface area contributed by atoms with Gasteiger partial charge in [0.15, 0.2) is 5.17 Å². The van der Waals surface area contributed by atoms with E-state index in [1.54, 1.807) is 11.8 Å². The second-order valence-corrected chi connectivity index (χ2v) is 5.46. The summed E-state index contributed by atoms with van der Waals surface area (Å²) in [6.45, 7) is 6.99. The number of methoxy groups -OCH3 is 1. The number of nitrogens with zero attached hydrogens (tertiary/aromatic N) is 1. The first-order valence-corrected chi connectivity index (χ1v) is 6.54. The molecule has 1 N–H and O–H groups in total. The average molecular weight is 244 g/mol. The van der Waals surface area contributed by atoms with Crippen molar-refractivity contribution in [3.05, 3.63) is 0 Å². The van der Waals surface area contributed by atoms with E-state index in [2.05, 4.69) is 17.2 Å². The number of ether oxygens (including phenoxy) is 1. The molecule has 0 bridgehead atoms. The highest BCUT2D eigenvalue weighted by atomic mass is 32.2. The molecule has 92 valence electrons. The molecule has 1 rings (SSSR count). The molecule has 0 aromatic heterocycles. The van der Waals surface area contributed by atoms with E-state index in [-0.39, 0.29) is 17.9 Å². The van der Waals surface area contributed by atoms with Crippen LogP contribution in [0.25, 0.3) is 0 Å². The Morgan fingerprint density at radius 3 is 2.75 bits per heavy atom. The van der Waals surface area contributed by atoms with Gasteiger partial charge in [-0.2, -0.15) is 0 Å². The lowest BCUT2D eigenvalue weighted by Crippen LogP contribution is -2.45. The lowest BCUT2D eigenvalue weighted by molar-refractivity contribution is -0.143. The van der Waals surface area contributed by atoms with Crippen LogP contribution >= 0.6 is 11.8 Å². The summed E-state index contributed by atoms with van der Waals surface area (Å²) in [5, 5.41) is 4.03. The average Bonchev–Trinajstić information content (AvgIpc) is 2.27. The molecule has 0 saturated heterocycles. The van der Waals surface area contributed by atoms with E-state index in [1.807, 2.05) is 13.8 Å². The van der Waals surface area contributed by atoms with Gasteiger partial charge >= 0.3 is 5.97 Å². The van der Waals surface area contributed by atoms with Crippen LogP contribution in [0.15, 0.2) is 4.99 Å². The summed E-state index contributed by atoms with van der Waals surface area (Å²) in [5.74, 6) is 1.64. The van der Waals surface area contributed by atoms with E-state index >= 15 is 0 Å². The van der Waals surface area contributed by atoms with Gasteiger partial charge in [0, 0.05) is 12.3 Å². The monoisotopic (exact) mass is 244 g/mol. The number of rotatable bonds is 3. The van der Waals surface area contributed by atoms with Crippen molar-refractivity contribution in [3.8, 4) is 0 Å². The van der Waals surface area contributed by atoms with Crippen LogP contribution in [0.3, 0.4) is 0 Å². The van der Waals surface area contributed by atoms with E-state index in [1.165, 1.54) is 7.11 Å². The van der Waals surface area contributed by atoms with Gasteiger partial charge in [0.1, 0.15) is 6.04 Å². The molecule has 1 heterocycles. The summed E-state index contributed by atoms with van der Waals surface area (Å²) in [6.07, 6.45) is 0. The van der Waals surface area contributed by atoms with E-state index in [0.717, 1.165) is 17.5 Å². The van der Waals surface area contributed by atoms with Crippen molar-refractivity contribution in [3.63, 3.8) is 0 Å². The Kier molecular flexibility index (Phi) is 5.12. The molecule has 2 atom stereocenters. The quantitative estimate of drug-likeness (QED) is 0.765. The Hall–Kier alpha value is -0.710. The van der Waals surface area contributed by atoms with Gasteiger partial charge < -0.3 is 10.1 Å². The topological polar surface area (TPSA) is 50.7 Å². The van der Waals surface area contributed by atoms with Crippen LogP contribution < -0.4 is 5.32 Å². The van der Waals surface area contributed by atoms with Crippen LogP contribution in [-0.2, 0) is 9.53 Å². The predicted molar refractivity (Wildman–Crippen MR) is 67.7 cm³/mol. The van der Waals surface area contributed by atoms with Gasteiger partial charge in [-0.05, 0) is 11.8 Å². The minimum Gasteiger partial charge on any atom is -0.467 e. The smallest absolute Gasteiger partial charge is 0.328 e.